The molecule has 1 aliphatic heterocycles. The molecule has 3 amide bonds. The number of alkyl halides is 3. The summed E-state index contributed by atoms with van der Waals surface area (Å²) in [6, 6.07) is 8.53. The Morgan fingerprint density at radius 2 is 1.91 bits per heavy atom. The number of hydrogen-bond acceptors (Lipinski definition) is 6. The zero-order valence-corrected chi connectivity index (χ0v) is 19.3. The smallest absolute Gasteiger partial charge is 0.416 e. The number of carbonyl (C=O) groups excluding carboxylic acids is 3. The maximum absolute atomic E-state index is 12.8. The first-order valence-electron chi connectivity index (χ1n) is 9.30. The molecule has 2 aromatic carbocycles. The van der Waals surface area contributed by atoms with E-state index in [0.717, 1.165) is 18.2 Å². The van der Waals surface area contributed by atoms with Crippen molar-refractivity contribution in [2.24, 2.45) is 0 Å². The van der Waals surface area contributed by atoms with Crippen molar-refractivity contribution in [2.45, 2.75) is 6.18 Å². The molecule has 1 aliphatic rings. The number of amides is 3. The van der Waals surface area contributed by atoms with Crippen LogP contribution >= 0.6 is 27.7 Å². The molecular weight excluding hydrogens is 545 g/mol. The number of benzene rings is 2. The number of hydrogen-bond donors (Lipinski definition) is 2. The number of ether oxygens (including phenoxy) is 1. The Morgan fingerprint density at radius 1 is 1.18 bits per heavy atom. The number of thioether (sulfide) groups is 1. The number of anilines is 1. The number of rotatable bonds is 7. The Bertz CT molecular complexity index is 1200. The van der Waals surface area contributed by atoms with Crippen LogP contribution in [-0.2, 0) is 20.6 Å². The van der Waals surface area contributed by atoms with Gasteiger partial charge >= 0.3 is 12.1 Å². The van der Waals surface area contributed by atoms with Gasteiger partial charge in [0.1, 0.15) is 12.3 Å². The Hall–Kier alpha value is -3.32. The van der Waals surface area contributed by atoms with Gasteiger partial charge in [0.15, 0.2) is 6.61 Å². The summed E-state index contributed by atoms with van der Waals surface area (Å²) >= 11 is 3.83. The quantitative estimate of drug-likeness (QED) is 0.477. The van der Waals surface area contributed by atoms with Crippen molar-refractivity contribution in [3.05, 3.63) is 63.0 Å². The largest absolute Gasteiger partial charge is 0.481 e. The van der Waals surface area contributed by atoms with Gasteiger partial charge in [-0.15, -0.1) is 0 Å². The molecule has 0 spiro atoms. The number of carboxylic acid groups (broad SMARTS) is 1. The highest BCUT2D eigenvalue weighted by atomic mass is 79.9. The third-order valence-electron chi connectivity index (χ3n) is 4.25. The number of halogens is 4. The Balaban J connectivity index is 1.67. The SMILES string of the molecule is O=C(O)COc1ccc(/C=C2\SC(=O)N(CC(=O)Nc3cccc(C(F)(F)F)c3)C2=O)cc1Br. The van der Waals surface area contributed by atoms with E-state index in [-0.39, 0.29) is 16.3 Å². The van der Waals surface area contributed by atoms with E-state index in [9.17, 15) is 32.3 Å². The van der Waals surface area contributed by atoms with Gasteiger partial charge < -0.3 is 15.2 Å². The van der Waals surface area contributed by atoms with Crippen LogP contribution in [0.25, 0.3) is 6.08 Å². The summed E-state index contributed by atoms with van der Waals surface area (Å²) in [6.45, 7) is -1.22. The second-order valence-corrected chi connectivity index (χ2v) is 8.61. The second-order valence-electron chi connectivity index (χ2n) is 6.77. The lowest BCUT2D eigenvalue weighted by Gasteiger charge is -2.13. The number of carbonyl (C=O) groups is 4. The summed E-state index contributed by atoms with van der Waals surface area (Å²) in [5.41, 5.74) is -0.587. The minimum atomic E-state index is -4.59. The molecule has 1 heterocycles. The van der Waals surface area contributed by atoms with Gasteiger partial charge in [-0.05, 0) is 69.7 Å². The zero-order valence-electron chi connectivity index (χ0n) is 16.9. The first-order chi connectivity index (χ1) is 15.9. The fraction of sp³-hybridized carbons (Fsp3) is 0.143. The van der Waals surface area contributed by atoms with Crippen LogP contribution in [-0.4, -0.2) is 46.2 Å². The van der Waals surface area contributed by atoms with E-state index >= 15 is 0 Å². The van der Waals surface area contributed by atoms with Crippen molar-refractivity contribution < 1.29 is 42.2 Å². The molecule has 0 aromatic heterocycles. The zero-order chi connectivity index (χ0) is 25.0. The van der Waals surface area contributed by atoms with Crippen LogP contribution in [0.4, 0.5) is 23.7 Å². The van der Waals surface area contributed by atoms with E-state index in [1.54, 1.807) is 6.07 Å². The molecule has 34 heavy (non-hydrogen) atoms. The van der Waals surface area contributed by atoms with Crippen molar-refractivity contribution in [3.63, 3.8) is 0 Å². The van der Waals surface area contributed by atoms with Gasteiger partial charge in [0.2, 0.25) is 5.91 Å². The molecule has 0 bridgehead atoms. The van der Waals surface area contributed by atoms with Gasteiger partial charge in [-0.25, -0.2) is 4.79 Å². The average molecular weight is 559 g/mol. The van der Waals surface area contributed by atoms with Crippen LogP contribution in [0, 0.1) is 0 Å². The number of nitrogens with zero attached hydrogens (tertiary/aromatic N) is 1. The van der Waals surface area contributed by atoms with Crippen LogP contribution in [0.3, 0.4) is 0 Å². The molecule has 2 N–H and O–H groups in total. The summed E-state index contributed by atoms with van der Waals surface area (Å²) in [6.07, 6.45) is -3.19. The van der Waals surface area contributed by atoms with Crippen molar-refractivity contribution in [2.75, 3.05) is 18.5 Å². The third kappa shape index (κ3) is 6.38. The molecule has 3 rings (SSSR count). The molecular formula is C21H14BrF3N2O6S. The number of imide groups is 1. The molecule has 1 saturated heterocycles. The fourth-order valence-corrected chi connectivity index (χ4v) is 4.12. The lowest BCUT2D eigenvalue weighted by molar-refractivity contribution is -0.139. The molecule has 0 atom stereocenters. The Labute approximate surface area is 202 Å². The highest BCUT2D eigenvalue weighted by Gasteiger charge is 2.36. The number of aliphatic carboxylic acids is 1. The maximum Gasteiger partial charge on any atom is 0.416 e. The van der Waals surface area contributed by atoms with Gasteiger partial charge in [-0.2, -0.15) is 13.2 Å². The van der Waals surface area contributed by atoms with E-state index in [1.165, 1.54) is 24.3 Å². The molecule has 0 unspecified atom stereocenters. The van der Waals surface area contributed by atoms with Crippen molar-refractivity contribution in [3.8, 4) is 5.75 Å². The minimum absolute atomic E-state index is 0.0305. The van der Waals surface area contributed by atoms with Gasteiger partial charge in [0.05, 0.1) is 14.9 Å². The first kappa shape index (κ1) is 25.3. The monoisotopic (exact) mass is 558 g/mol. The minimum Gasteiger partial charge on any atom is -0.481 e. The Kier molecular flexibility index (Phi) is 7.67. The van der Waals surface area contributed by atoms with E-state index in [0.29, 0.717) is 26.7 Å². The topological polar surface area (TPSA) is 113 Å². The van der Waals surface area contributed by atoms with Crippen LogP contribution < -0.4 is 10.1 Å². The lowest BCUT2D eigenvalue weighted by Crippen LogP contribution is -2.36. The van der Waals surface area contributed by atoms with Gasteiger partial charge in [0, 0.05) is 5.69 Å². The predicted octanol–water partition coefficient (Wildman–Crippen LogP) is 4.61. The number of nitrogens with one attached hydrogen (secondary N) is 1. The fourth-order valence-electron chi connectivity index (χ4n) is 2.77. The molecule has 8 nitrogen and oxygen atoms in total. The van der Waals surface area contributed by atoms with E-state index in [4.69, 9.17) is 9.84 Å². The van der Waals surface area contributed by atoms with E-state index in [2.05, 4.69) is 21.2 Å². The molecule has 0 aliphatic carbocycles. The normalized spacial score (nSPS) is 15.1. The van der Waals surface area contributed by atoms with Crippen molar-refractivity contribution in [1.82, 2.24) is 4.90 Å². The van der Waals surface area contributed by atoms with Crippen LogP contribution in [0.15, 0.2) is 51.8 Å². The first-order valence-corrected chi connectivity index (χ1v) is 10.9. The molecule has 13 heteroatoms. The lowest BCUT2D eigenvalue weighted by atomic mass is 10.2. The molecule has 0 radical (unpaired) electrons. The second kappa shape index (κ2) is 10.3. The average Bonchev–Trinajstić information content (AvgIpc) is 3.00. The number of carboxylic acids is 1. The van der Waals surface area contributed by atoms with Crippen LogP contribution in [0.2, 0.25) is 0 Å². The van der Waals surface area contributed by atoms with Gasteiger partial charge in [-0.3, -0.25) is 19.3 Å². The molecule has 0 saturated carbocycles. The third-order valence-corrected chi connectivity index (χ3v) is 5.78. The molecule has 2 aromatic rings. The maximum atomic E-state index is 12.8. The molecule has 178 valence electrons. The van der Waals surface area contributed by atoms with Gasteiger partial charge in [-0.1, -0.05) is 12.1 Å². The summed E-state index contributed by atoms with van der Waals surface area (Å²) in [4.78, 5) is 48.4. The van der Waals surface area contributed by atoms with Crippen molar-refractivity contribution in [1.29, 1.82) is 0 Å². The van der Waals surface area contributed by atoms with Crippen molar-refractivity contribution >= 4 is 62.5 Å². The predicted molar refractivity (Wildman–Crippen MR) is 120 cm³/mol. The summed E-state index contributed by atoms with van der Waals surface area (Å²) in [5.74, 6) is -2.47. The summed E-state index contributed by atoms with van der Waals surface area (Å²) < 4.78 is 44.0. The summed E-state index contributed by atoms with van der Waals surface area (Å²) in [7, 11) is 0. The standard InChI is InChI=1S/C21H14BrF3N2O6S/c22-14-6-11(4-5-15(14)33-10-18(29)30)7-16-19(31)27(20(32)34-16)9-17(28)26-13-3-1-2-12(8-13)21(23,24)25/h1-8H,9-10H2,(H,26,28)(H,29,30)/b16-7-. The van der Waals surface area contributed by atoms with Crippen LogP contribution in [0.5, 0.6) is 5.75 Å². The highest BCUT2D eigenvalue weighted by molar-refractivity contribution is 9.10. The van der Waals surface area contributed by atoms with Gasteiger partial charge in [0.25, 0.3) is 11.1 Å². The summed E-state index contributed by atoms with van der Waals surface area (Å²) in [5, 5.41) is 10.2. The van der Waals surface area contributed by atoms with Crippen LogP contribution in [0.1, 0.15) is 11.1 Å². The highest BCUT2D eigenvalue weighted by Crippen LogP contribution is 2.34. The molecule has 1 fully saturated rings. The van der Waals surface area contributed by atoms with E-state index in [1.807, 2.05) is 0 Å². The van der Waals surface area contributed by atoms with E-state index < -0.39 is 47.9 Å². The Morgan fingerprint density at radius 3 is 2.56 bits per heavy atom.